The number of hydrogen-bond acceptors (Lipinski definition) is 4. The molecule has 1 aliphatic rings. The summed E-state index contributed by atoms with van der Waals surface area (Å²) in [7, 11) is 1.51. The lowest BCUT2D eigenvalue weighted by atomic mass is 10.0. The number of para-hydroxylation sites is 1. The van der Waals surface area contributed by atoms with Crippen molar-refractivity contribution >= 4 is 17.6 Å². The lowest BCUT2D eigenvalue weighted by Gasteiger charge is -2.09. The van der Waals surface area contributed by atoms with Gasteiger partial charge in [-0.2, -0.15) is 0 Å². The minimum atomic E-state index is -1.03. The van der Waals surface area contributed by atoms with Crippen molar-refractivity contribution in [3.05, 3.63) is 53.6 Å². The average Bonchev–Trinajstić information content (AvgIpc) is 3.00. The van der Waals surface area contributed by atoms with Gasteiger partial charge in [0.15, 0.2) is 11.5 Å². The molecule has 0 radical (unpaired) electrons. The van der Waals surface area contributed by atoms with E-state index in [1.165, 1.54) is 7.11 Å². The van der Waals surface area contributed by atoms with Crippen molar-refractivity contribution in [3.63, 3.8) is 0 Å². The van der Waals surface area contributed by atoms with Crippen LogP contribution in [0.25, 0.3) is 11.6 Å². The summed E-state index contributed by atoms with van der Waals surface area (Å²) in [6.07, 6.45) is 1.59. The van der Waals surface area contributed by atoms with Crippen LogP contribution < -0.4 is 14.2 Å². The van der Waals surface area contributed by atoms with Gasteiger partial charge in [0.1, 0.15) is 5.75 Å². The highest BCUT2D eigenvalue weighted by Crippen LogP contribution is 2.34. The van der Waals surface area contributed by atoms with Gasteiger partial charge in [-0.3, -0.25) is 0 Å². The topological polar surface area (TPSA) is 65.0 Å². The first-order valence-electron chi connectivity index (χ1n) is 6.67. The molecule has 0 saturated carbocycles. The maximum Gasteiger partial charge on any atom is 0.336 e. The Hall–Kier alpha value is -2.95. The molecule has 0 aliphatic carbocycles. The van der Waals surface area contributed by atoms with Crippen LogP contribution in [0.2, 0.25) is 0 Å². The predicted molar refractivity (Wildman–Crippen MR) is 81.1 cm³/mol. The fourth-order valence-electron chi connectivity index (χ4n) is 2.29. The fourth-order valence-corrected chi connectivity index (χ4v) is 2.29. The quantitative estimate of drug-likeness (QED) is 0.694. The molecule has 0 aromatic heterocycles. The molecule has 1 heterocycles. The van der Waals surface area contributed by atoms with Crippen molar-refractivity contribution < 1.29 is 24.1 Å². The van der Waals surface area contributed by atoms with Crippen LogP contribution in [0.5, 0.6) is 17.2 Å². The average molecular weight is 298 g/mol. The molecule has 22 heavy (non-hydrogen) atoms. The summed E-state index contributed by atoms with van der Waals surface area (Å²) in [5.74, 6) is 0.754. The van der Waals surface area contributed by atoms with E-state index in [4.69, 9.17) is 14.2 Å². The zero-order chi connectivity index (χ0) is 15.5. The van der Waals surface area contributed by atoms with Gasteiger partial charge in [-0.25, -0.2) is 4.79 Å². The predicted octanol–water partition coefficient (Wildman–Crippen LogP) is 3.05. The fraction of sp³-hybridized carbons (Fsp3) is 0.118. The molecule has 0 spiro atoms. The highest BCUT2D eigenvalue weighted by molar-refractivity contribution is 6.21. The number of hydrogen-bond donors (Lipinski definition) is 1. The van der Waals surface area contributed by atoms with E-state index in [-0.39, 0.29) is 12.4 Å². The molecule has 1 aliphatic heterocycles. The molecule has 1 N–H and O–H groups in total. The van der Waals surface area contributed by atoms with E-state index in [9.17, 15) is 9.90 Å². The normalized spacial score (nSPS) is 13.0. The van der Waals surface area contributed by atoms with E-state index in [0.717, 1.165) is 0 Å². The second-order valence-electron chi connectivity index (χ2n) is 4.68. The van der Waals surface area contributed by atoms with E-state index in [1.807, 2.05) is 0 Å². The molecule has 0 bridgehead atoms. The van der Waals surface area contributed by atoms with Crippen molar-refractivity contribution in [1.29, 1.82) is 0 Å². The molecule has 0 atom stereocenters. The van der Waals surface area contributed by atoms with Gasteiger partial charge in [0, 0.05) is 5.56 Å². The summed E-state index contributed by atoms with van der Waals surface area (Å²) in [6.45, 7) is 0.181. The number of fused-ring (bicyclic) bond motifs is 1. The van der Waals surface area contributed by atoms with Gasteiger partial charge in [0.2, 0.25) is 6.79 Å². The molecule has 5 heteroatoms. The number of carboxylic acids is 1. The summed E-state index contributed by atoms with van der Waals surface area (Å²) < 4.78 is 15.8. The minimum absolute atomic E-state index is 0.149. The maximum absolute atomic E-state index is 11.6. The second-order valence-corrected chi connectivity index (χ2v) is 4.68. The van der Waals surface area contributed by atoms with Crippen LogP contribution in [0.3, 0.4) is 0 Å². The molecule has 2 aromatic carbocycles. The third kappa shape index (κ3) is 2.61. The van der Waals surface area contributed by atoms with Crippen molar-refractivity contribution in [2.75, 3.05) is 13.9 Å². The lowest BCUT2D eigenvalue weighted by molar-refractivity contribution is -0.130. The molecule has 0 fully saturated rings. The Kier molecular flexibility index (Phi) is 3.70. The summed E-state index contributed by atoms with van der Waals surface area (Å²) in [5.41, 5.74) is 1.39. The number of carbonyl (C=O) groups is 1. The lowest BCUT2D eigenvalue weighted by Crippen LogP contribution is -2.01. The third-order valence-electron chi connectivity index (χ3n) is 3.34. The maximum atomic E-state index is 11.6. The van der Waals surface area contributed by atoms with Crippen molar-refractivity contribution in [2.45, 2.75) is 0 Å². The molecule has 5 nitrogen and oxygen atoms in total. The Morgan fingerprint density at radius 3 is 2.73 bits per heavy atom. The summed E-state index contributed by atoms with van der Waals surface area (Å²) >= 11 is 0. The molecule has 0 unspecified atom stereocenters. The first-order chi connectivity index (χ1) is 10.7. The van der Waals surface area contributed by atoms with Gasteiger partial charge in [0.25, 0.3) is 0 Å². The zero-order valence-corrected chi connectivity index (χ0v) is 11.9. The van der Waals surface area contributed by atoms with E-state index in [2.05, 4.69) is 0 Å². The molecular weight excluding hydrogens is 284 g/mol. The Morgan fingerprint density at radius 1 is 1.18 bits per heavy atom. The van der Waals surface area contributed by atoms with E-state index < -0.39 is 5.97 Å². The number of aliphatic carboxylic acids is 1. The largest absolute Gasteiger partial charge is 0.496 e. The van der Waals surface area contributed by atoms with E-state index in [0.29, 0.717) is 28.4 Å². The molecule has 112 valence electrons. The Balaban J connectivity index is 2.06. The summed E-state index contributed by atoms with van der Waals surface area (Å²) in [4.78, 5) is 11.6. The third-order valence-corrected chi connectivity index (χ3v) is 3.34. The smallest absolute Gasteiger partial charge is 0.336 e. The first kappa shape index (κ1) is 14.0. The van der Waals surface area contributed by atoms with E-state index >= 15 is 0 Å². The molecule has 2 aromatic rings. The van der Waals surface area contributed by atoms with Crippen LogP contribution in [0, 0.1) is 0 Å². The number of methoxy groups -OCH3 is 1. The van der Waals surface area contributed by atoms with Crippen LogP contribution in [0.1, 0.15) is 11.1 Å². The number of ether oxygens (including phenoxy) is 3. The number of benzene rings is 2. The van der Waals surface area contributed by atoms with Gasteiger partial charge in [-0.15, -0.1) is 0 Å². The highest BCUT2D eigenvalue weighted by atomic mass is 16.7. The summed E-state index contributed by atoms with van der Waals surface area (Å²) in [6, 6.07) is 12.3. The second kappa shape index (κ2) is 5.81. The Labute approximate surface area is 127 Å². The van der Waals surface area contributed by atoms with Crippen molar-refractivity contribution in [1.82, 2.24) is 0 Å². The first-order valence-corrected chi connectivity index (χ1v) is 6.67. The van der Waals surface area contributed by atoms with Crippen molar-refractivity contribution in [3.8, 4) is 17.2 Å². The SMILES string of the molecule is COc1ccccc1/C(=C\c1ccc2c(c1)OCO2)C(=O)O. The number of rotatable bonds is 4. The van der Waals surface area contributed by atoms with Crippen molar-refractivity contribution in [2.24, 2.45) is 0 Å². The minimum Gasteiger partial charge on any atom is -0.496 e. The Morgan fingerprint density at radius 2 is 1.95 bits per heavy atom. The zero-order valence-electron chi connectivity index (χ0n) is 11.9. The Bertz CT molecular complexity index is 748. The monoisotopic (exact) mass is 298 g/mol. The van der Waals surface area contributed by atoms with Crippen LogP contribution in [0.4, 0.5) is 0 Å². The molecule has 0 saturated heterocycles. The van der Waals surface area contributed by atoms with Gasteiger partial charge in [-0.1, -0.05) is 24.3 Å². The van der Waals surface area contributed by atoms with Crippen LogP contribution in [-0.4, -0.2) is 25.0 Å². The van der Waals surface area contributed by atoms with Crippen LogP contribution in [-0.2, 0) is 4.79 Å². The molecule has 0 amide bonds. The summed E-state index contributed by atoms with van der Waals surface area (Å²) in [5, 5.41) is 9.52. The van der Waals surface area contributed by atoms with Gasteiger partial charge in [-0.05, 0) is 29.8 Å². The standard InChI is InChI=1S/C17H14O5/c1-20-14-5-3-2-4-12(14)13(17(18)19)8-11-6-7-15-16(9-11)22-10-21-15/h2-9H,10H2,1H3,(H,18,19)/b13-8+. The van der Waals surface area contributed by atoms with E-state index in [1.54, 1.807) is 48.5 Å². The number of carboxylic acid groups (broad SMARTS) is 1. The molecular formula is C17H14O5. The highest BCUT2D eigenvalue weighted by Gasteiger charge is 2.17. The van der Waals surface area contributed by atoms with Gasteiger partial charge in [0.05, 0.1) is 12.7 Å². The molecule has 3 rings (SSSR count). The van der Waals surface area contributed by atoms with Crippen LogP contribution >= 0.6 is 0 Å². The van der Waals surface area contributed by atoms with Gasteiger partial charge < -0.3 is 19.3 Å². The van der Waals surface area contributed by atoms with Crippen LogP contribution in [0.15, 0.2) is 42.5 Å². The van der Waals surface area contributed by atoms with Gasteiger partial charge >= 0.3 is 5.97 Å².